The Morgan fingerprint density at radius 2 is 1.95 bits per heavy atom. The Balaban J connectivity index is 1.67. The van der Waals surface area contributed by atoms with Crippen molar-refractivity contribution in [3.05, 3.63) is 18.0 Å². The first kappa shape index (κ1) is 14.1. The van der Waals surface area contributed by atoms with Crippen LogP contribution in [0.25, 0.3) is 0 Å². The highest BCUT2D eigenvalue weighted by molar-refractivity contribution is 7.89. The van der Waals surface area contributed by atoms with Crippen molar-refractivity contribution in [1.29, 1.82) is 0 Å². The molecule has 0 spiro atoms. The van der Waals surface area contributed by atoms with Gasteiger partial charge in [-0.3, -0.25) is 0 Å². The Hall–Kier alpha value is -0.850. The zero-order valence-electron chi connectivity index (χ0n) is 11.7. The molecule has 2 saturated carbocycles. The van der Waals surface area contributed by atoms with E-state index in [2.05, 4.69) is 4.72 Å². The van der Waals surface area contributed by atoms with Crippen LogP contribution in [-0.4, -0.2) is 24.6 Å². The van der Waals surface area contributed by atoms with Crippen molar-refractivity contribution in [1.82, 2.24) is 9.29 Å². The van der Waals surface area contributed by atoms with E-state index in [-0.39, 0.29) is 11.5 Å². The number of nitrogens with zero attached hydrogens (tertiary/aromatic N) is 1. The zero-order chi connectivity index (χ0) is 14.3. The second kappa shape index (κ2) is 5.16. The van der Waals surface area contributed by atoms with Gasteiger partial charge in [0.2, 0.25) is 10.0 Å². The summed E-state index contributed by atoms with van der Waals surface area (Å²) < 4.78 is 29.0. The number of hydrogen-bond acceptors (Lipinski definition) is 3. The molecule has 0 radical (unpaired) electrons. The van der Waals surface area contributed by atoms with Gasteiger partial charge in [0.15, 0.2) is 0 Å². The molecular formula is C14H22N2O3S. The summed E-state index contributed by atoms with van der Waals surface area (Å²) in [5.41, 5.74) is 0.603. The lowest BCUT2D eigenvalue weighted by molar-refractivity contribution is 0.272. The summed E-state index contributed by atoms with van der Waals surface area (Å²) in [5, 5.41) is 9.14. The number of rotatable bonds is 7. The molecule has 3 rings (SSSR count). The lowest BCUT2D eigenvalue weighted by Crippen LogP contribution is -2.31. The highest BCUT2D eigenvalue weighted by Gasteiger charge is 2.41. The molecule has 0 atom stereocenters. The maximum Gasteiger partial charge on any atom is 0.242 e. The quantitative estimate of drug-likeness (QED) is 0.795. The van der Waals surface area contributed by atoms with Crippen LogP contribution in [0.15, 0.2) is 17.2 Å². The topological polar surface area (TPSA) is 71.3 Å². The molecule has 2 aliphatic carbocycles. The maximum atomic E-state index is 12.3. The van der Waals surface area contributed by atoms with E-state index < -0.39 is 10.0 Å². The van der Waals surface area contributed by atoms with Crippen LogP contribution in [0.3, 0.4) is 0 Å². The third kappa shape index (κ3) is 2.92. The summed E-state index contributed by atoms with van der Waals surface area (Å²) in [7, 11) is -1.72. The van der Waals surface area contributed by atoms with Gasteiger partial charge in [-0.15, -0.1) is 0 Å². The van der Waals surface area contributed by atoms with Gasteiger partial charge in [-0.1, -0.05) is 0 Å². The first-order valence-electron chi connectivity index (χ1n) is 7.27. The van der Waals surface area contributed by atoms with Gasteiger partial charge in [-0.05, 0) is 49.5 Å². The molecule has 6 heteroatoms. The van der Waals surface area contributed by atoms with Crippen molar-refractivity contribution in [3.63, 3.8) is 0 Å². The first-order chi connectivity index (χ1) is 9.51. The van der Waals surface area contributed by atoms with Crippen molar-refractivity contribution < 1.29 is 13.5 Å². The highest BCUT2D eigenvalue weighted by atomic mass is 32.2. The molecule has 0 aromatic carbocycles. The SMILES string of the molecule is Cn1cc(S(=O)(=O)NCC(C2CC2)C2CC2)cc1CO. The maximum absolute atomic E-state index is 12.3. The number of aliphatic hydroxyl groups excluding tert-OH is 1. The van der Waals surface area contributed by atoms with Gasteiger partial charge in [0, 0.05) is 25.5 Å². The van der Waals surface area contributed by atoms with E-state index in [1.807, 2.05) is 0 Å². The highest BCUT2D eigenvalue weighted by Crippen LogP contribution is 2.48. The summed E-state index contributed by atoms with van der Waals surface area (Å²) in [6, 6.07) is 1.53. The summed E-state index contributed by atoms with van der Waals surface area (Å²) >= 11 is 0. The summed E-state index contributed by atoms with van der Waals surface area (Å²) in [6.07, 6.45) is 6.56. The normalized spacial score (nSPS) is 19.8. The lowest BCUT2D eigenvalue weighted by Gasteiger charge is -2.15. The summed E-state index contributed by atoms with van der Waals surface area (Å²) in [5.74, 6) is 1.98. The Morgan fingerprint density at radius 3 is 2.40 bits per heavy atom. The molecule has 0 amide bonds. The van der Waals surface area contributed by atoms with Crippen LogP contribution in [0.1, 0.15) is 31.4 Å². The minimum atomic E-state index is -3.46. The summed E-state index contributed by atoms with van der Waals surface area (Å²) in [4.78, 5) is 0.245. The number of aliphatic hydroxyl groups is 1. The molecule has 1 heterocycles. The fourth-order valence-corrected chi connectivity index (χ4v) is 4.10. The smallest absolute Gasteiger partial charge is 0.242 e. The fourth-order valence-electron chi connectivity index (χ4n) is 2.94. The molecule has 0 bridgehead atoms. The molecule has 2 aliphatic rings. The molecule has 0 aliphatic heterocycles. The van der Waals surface area contributed by atoms with Crippen LogP contribution in [0.2, 0.25) is 0 Å². The van der Waals surface area contributed by atoms with Crippen molar-refractivity contribution in [2.75, 3.05) is 6.54 Å². The van der Waals surface area contributed by atoms with Gasteiger partial charge in [0.1, 0.15) is 0 Å². The van der Waals surface area contributed by atoms with E-state index in [1.54, 1.807) is 17.8 Å². The molecule has 20 heavy (non-hydrogen) atoms. The number of aromatic nitrogens is 1. The van der Waals surface area contributed by atoms with Crippen molar-refractivity contribution in [2.24, 2.45) is 24.8 Å². The van der Waals surface area contributed by atoms with E-state index in [9.17, 15) is 8.42 Å². The standard InChI is InChI=1S/C14H22N2O3S/c1-16-8-13(6-12(16)9-17)20(18,19)15-7-14(10-2-3-10)11-4-5-11/h6,8,10-11,14-15,17H,2-5,7,9H2,1H3. The minimum Gasteiger partial charge on any atom is -0.390 e. The molecule has 2 fully saturated rings. The van der Waals surface area contributed by atoms with Crippen LogP contribution < -0.4 is 4.72 Å². The van der Waals surface area contributed by atoms with E-state index in [1.165, 1.54) is 31.7 Å². The molecule has 1 aromatic heterocycles. The minimum absolute atomic E-state index is 0.154. The molecule has 1 aromatic rings. The second-order valence-electron chi connectivity index (χ2n) is 6.13. The summed E-state index contributed by atoms with van der Waals surface area (Å²) in [6.45, 7) is 0.403. The monoisotopic (exact) mass is 298 g/mol. The second-order valence-corrected chi connectivity index (χ2v) is 7.89. The molecule has 2 N–H and O–H groups in total. The predicted octanol–water partition coefficient (Wildman–Crippen LogP) is 1.23. The van der Waals surface area contributed by atoms with Crippen molar-refractivity contribution in [3.8, 4) is 0 Å². The Bertz CT molecular complexity index is 574. The van der Waals surface area contributed by atoms with E-state index in [0.29, 0.717) is 18.2 Å². The third-order valence-corrected chi connectivity index (χ3v) is 5.91. The van der Waals surface area contributed by atoms with E-state index in [0.717, 1.165) is 11.8 Å². The number of sulfonamides is 1. The number of nitrogens with one attached hydrogen (secondary N) is 1. The average molecular weight is 298 g/mol. The van der Waals surface area contributed by atoms with Gasteiger partial charge in [-0.2, -0.15) is 0 Å². The van der Waals surface area contributed by atoms with Crippen molar-refractivity contribution >= 4 is 10.0 Å². The zero-order valence-corrected chi connectivity index (χ0v) is 12.6. The molecular weight excluding hydrogens is 276 g/mol. The van der Waals surface area contributed by atoms with Crippen LogP contribution >= 0.6 is 0 Å². The Morgan fingerprint density at radius 1 is 1.35 bits per heavy atom. The molecule has 0 unspecified atom stereocenters. The Labute approximate surface area is 120 Å². The molecule has 112 valence electrons. The first-order valence-corrected chi connectivity index (χ1v) is 8.75. The van der Waals surface area contributed by atoms with Crippen LogP contribution in [0, 0.1) is 17.8 Å². The van der Waals surface area contributed by atoms with Crippen LogP contribution in [-0.2, 0) is 23.7 Å². The van der Waals surface area contributed by atoms with Gasteiger partial charge in [0.05, 0.1) is 11.5 Å². The lowest BCUT2D eigenvalue weighted by atomic mass is 9.99. The molecule has 0 saturated heterocycles. The van der Waals surface area contributed by atoms with E-state index >= 15 is 0 Å². The van der Waals surface area contributed by atoms with Gasteiger partial charge in [-0.25, -0.2) is 13.1 Å². The number of aryl methyl sites for hydroxylation is 1. The Kier molecular flexibility index (Phi) is 3.64. The van der Waals surface area contributed by atoms with Crippen LogP contribution in [0.5, 0.6) is 0 Å². The van der Waals surface area contributed by atoms with Gasteiger partial charge in [0.25, 0.3) is 0 Å². The third-order valence-electron chi connectivity index (χ3n) is 4.52. The van der Waals surface area contributed by atoms with Crippen molar-refractivity contribution in [2.45, 2.75) is 37.2 Å². The van der Waals surface area contributed by atoms with Gasteiger partial charge >= 0.3 is 0 Å². The van der Waals surface area contributed by atoms with Crippen LogP contribution in [0.4, 0.5) is 0 Å². The van der Waals surface area contributed by atoms with E-state index in [4.69, 9.17) is 5.11 Å². The average Bonchev–Trinajstić information content (AvgIpc) is 3.29. The fraction of sp³-hybridized carbons (Fsp3) is 0.714. The largest absolute Gasteiger partial charge is 0.390 e. The molecule has 5 nitrogen and oxygen atoms in total. The number of hydrogen-bond donors (Lipinski definition) is 2. The predicted molar refractivity (Wildman–Crippen MR) is 75.5 cm³/mol. The van der Waals surface area contributed by atoms with Gasteiger partial charge < -0.3 is 9.67 Å².